The summed E-state index contributed by atoms with van der Waals surface area (Å²) in [6.45, 7) is 16.9. The van der Waals surface area contributed by atoms with E-state index >= 15 is 0 Å². The first-order valence-electron chi connectivity index (χ1n) is 15.7. The van der Waals surface area contributed by atoms with Crippen molar-refractivity contribution in [1.82, 2.24) is 8.05 Å². The Balaban J connectivity index is 0.000000178. The van der Waals surface area contributed by atoms with E-state index in [1.54, 1.807) is 0 Å². The maximum atomic E-state index is 11.5. The van der Waals surface area contributed by atoms with E-state index in [1.807, 2.05) is 39.3 Å². The van der Waals surface area contributed by atoms with Crippen molar-refractivity contribution in [2.24, 2.45) is 0 Å². The summed E-state index contributed by atoms with van der Waals surface area (Å²) in [6, 6.07) is 26.3. The van der Waals surface area contributed by atoms with E-state index in [-0.39, 0.29) is 37.3 Å². The van der Waals surface area contributed by atoms with Crippen LogP contribution in [0.25, 0.3) is 21.5 Å². The van der Waals surface area contributed by atoms with Crippen molar-refractivity contribution in [1.29, 1.82) is 0 Å². The molecule has 0 atom stereocenters. The van der Waals surface area contributed by atoms with E-state index < -0.39 is 34.0 Å². The number of rotatable bonds is 6. The first-order valence-corrected chi connectivity index (χ1v) is 25.1. The average Bonchev–Trinajstić information content (AvgIpc) is 3.78. The largest absolute Gasteiger partial charge is 2.00 e. The summed E-state index contributed by atoms with van der Waals surface area (Å²) in [5.41, 5.74) is 3.16. The Bertz CT molecular complexity index is 1380. The molecule has 0 spiro atoms. The number of fused-ring (bicyclic) bond motifs is 2. The molecule has 0 saturated carbocycles. The van der Waals surface area contributed by atoms with Gasteiger partial charge in [0.1, 0.15) is 0 Å². The Morgan fingerprint density at radius 2 is 0.977 bits per heavy atom. The van der Waals surface area contributed by atoms with E-state index in [1.165, 1.54) is 84.8 Å². The van der Waals surface area contributed by atoms with Crippen LogP contribution in [0.4, 0.5) is 21.0 Å². The summed E-state index contributed by atoms with van der Waals surface area (Å²) in [5, 5.41) is 5.56. The maximum absolute atomic E-state index is 11.5. The molecule has 2 amide bonds. The Hall–Kier alpha value is -1.85. The molecule has 44 heavy (non-hydrogen) atoms. The quantitative estimate of drug-likeness (QED) is 0.154. The van der Waals surface area contributed by atoms with Crippen molar-refractivity contribution in [2.45, 2.75) is 65.0 Å². The summed E-state index contributed by atoms with van der Waals surface area (Å²) in [4.78, 5) is 28.1. The minimum Gasteiger partial charge on any atom is -0.417 e. The second kappa shape index (κ2) is 16.6. The minimum atomic E-state index is -1.73. The van der Waals surface area contributed by atoms with Gasteiger partial charge in [0, 0.05) is 26.2 Å². The van der Waals surface area contributed by atoms with Crippen LogP contribution in [0.3, 0.4) is 0 Å². The van der Waals surface area contributed by atoms with Crippen molar-refractivity contribution in [3.05, 3.63) is 72.8 Å². The van der Waals surface area contributed by atoms with Crippen LogP contribution in [-0.2, 0) is 26.2 Å². The van der Waals surface area contributed by atoms with Crippen LogP contribution in [0.2, 0.25) is 39.3 Å². The van der Waals surface area contributed by atoms with Crippen molar-refractivity contribution < 1.29 is 35.8 Å². The Morgan fingerprint density at radius 1 is 0.636 bits per heavy atom. The average molecular weight is 762 g/mol. The predicted octanol–water partition coefficient (Wildman–Crippen LogP) is 8.09. The van der Waals surface area contributed by atoms with Gasteiger partial charge < -0.3 is 9.80 Å². The van der Waals surface area contributed by atoms with Crippen LogP contribution >= 0.6 is 0 Å². The Kier molecular flexibility index (Phi) is 13.8. The normalized spacial score (nSPS) is 14.7. The van der Waals surface area contributed by atoms with Gasteiger partial charge >= 0.3 is 128 Å². The third-order valence-corrected chi connectivity index (χ3v) is 13.9. The fourth-order valence-electron chi connectivity index (χ4n) is 5.34. The van der Waals surface area contributed by atoms with Gasteiger partial charge in [0.2, 0.25) is 0 Å². The number of hydrogen-bond donors (Lipinski definition) is 2. The van der Waals surface area contributed by atoms with Crippen LogP contribution < -0.4 is 17.8 Å². The van der Waals surface area contributed by atoms with Gasteiger partial charge in [-0.1, -0.05) is 23.5 Å². The molecule has 2 heterocycles. The second-order valence-electron chi connectivity index (χ2n) is 13.6. The molecular formula is C34H48GaN4O2Si2Zr. The molecule has 4 aromatic rings. The predicted molar refractivity (Wildman–Crippen MR) is 191 cm³/mol. The molecule has 0 aromatic heterocycles. The number of nitrogens with zero attached hydrogens (tertiary/aromatic N) is 2. The van der Waals surface area contributed by atoms with Crippen LogP contribution in [0, 0.1) is 0 Å². The molecule has 2 N–H and O–H groups in total. The zero-order valence-electron chi connectivity index (χ0n) is 27.4. The van der Waals surface area contributed by atoms with E-state index in [0.717, 1.165) is 0 Å². The van der Waals surface area contributed by atoms with Crippen LogP contribution in [0.1, 0.15) is 25.7 Å². The molecule has 2 fully saturated rings. The van der Waals surface area contributed by atoms with Gasteiger partial charge in [0.25, 0.3) is 0 Å². The molecule has 6 nitrogen and oxygen atoms in total. The Labute approximate surface area is 293 Å². The molecule has 4 aromatic carbocycles. The molecule has 10 heteroatoms. The number of benzene rings is 2. The van der Waals surface area contributed by atoms with Gasteiger partial charge in [0.05, 0.1) is 0 Å². The number of carbonyl (C=O) groups excluding carboxylic acids is 2. The van der Waals surface area contributed by atoms with Crippen LogP contribution in [-0.4, -0.2) is 71.3 Å². The zero-order valence-corrected chi connectivity index (χ0v) is 34.3. The molecule has 0 bridgehead atoms. The molecule has 2 saturated heterocycles. The van der Waals surface area contributed by atoms with Crippen molar-refractivity contribution in [2.75, 3.05) is 36.0 Å². The first-order chi connectivity index (χ1) is 20.4. The van der Waals surface area contributed by atoms with E-state index in [0.29, 0.717) is 0 Å². The number of carbonyl (C=O) groups is 2. The molecule has 2 aliphatic rings. The molecule has 6 rings (SSSR count). The fraction of sp³-hybridized carbons (Fsp3) is 0.412. The third kappa shape index (κ3) is 10.1. The molecule has 0 unspecified atom stereocenters. The van der Waals surface area contributed by atoms with Crippen molar-refractivity contribution in [3.63, 3.8) is 0 Å². The number of amides is 2. The van der Waals surface area contributed by atoms with Crippen molar-refractivity contribution in [3.8, 4) is 0 Å². The molecule has 1 radical (unpaired) electrons. The van der Waals surface area contributed by atoms with Gasteiger partial charge in [-0.05, 0) is 25.7 Å². The van der Waals surface area contributed by atoms with Gasteiger partial charge in [-0.25, -0.2) is 0 Å². The third-order valence-electron chi connectivity index (χ3n) is 7.98. The summed E-state index contributed by atoms with van der Waals surface area (Å²) in [6.07, 6.45) is 5.39. The second-order valence-corrected chi connectivity index (χ2v) is 25.3. The Morgan fingerprint density at radius 3 is 1.32 bits per heavy atom. The summed E-state index contributed by atoms with van der Waals surface area (Å²) < 4.78 is 5.79. The monoisotopic (exact) mass is 759 g/mol. The van der Waals surface area contributed by atoms with Gasteiger partial charge in [-0.2, -0.15) is 0 Å². The maximum Gasteiger partial charge on any atom is 2.00 e. The van der Waals surface area contributed by atoms with E-state index in [2.05, 4.69) is 90.6 Å². The smallest absolute Gasteiger partial charge is 0.417 e. The van der Waals surface area contributed by atoms with Gasteiger partial charge in [0.15, 0.2) is 0 Å². The topological polar surface area (TPSA) is 64.7 Å². The number of anilines is 2. The summed E-state index contributed by atoms with van der Waals surface area (Å²) in [7, 11) is -3.46. The van der Waals surface area contributed by atoms with Crippen molar-refractivity contribution >= 4 is 78.0 Å². The van der Waals surface area contributed by atoms with Crippen LogP contribution in [0.15, 0.2) is 72.8 Å². The SMILES string of the molecule is C[Si](C)(C)C(=O)[NH][Ga][NH]C(=O)[Si](C)(C)C.[Zr+2].c1ccc2c(N3CCCC3)c[cH-]c2c1.c1ccc2c(N3CCCC3)c[cH-]c2c1. The number of nitrogens with one attached hydrogen (secondary N) is 2. The summed E-state index contributed by atoms with van der Waals surface area (Å²) in [5.74, 6) is 0. The summed E-state index contributed by atoms with van der Waals surface area (Å²) >= 11 is -1.13. The fourth-order valence-corrected chi connectivity index (χ4v) is 13.1. The minimum absolute atomic E-state index is 0. The molecule has 0 aliphatic carbocycles. The van der Waals surface area contributed by atoms with Gasteiger partial charge in [-0.15, -0.1) is 82.2 Å². The van der Waals surface area contributed by atoms with E-state index in [9.17, 15) is 9.59 Å². The standard InChI is InChI=1S/2C13H14N.2C4H11NOSi.Ga.Zr/c2*1-2-6-12-11(5-1)7-8-13(12)14-9-3-4-10-14;2*1-7(2,3)4(5)6;;/h2*1-2,5-8H,3-4,9-10H2;2*1-3H3,(H2,5,6);;/q2*-1;;;2*+2/p-2. The number of hydrogen-bond acceptors (Lipinski definition) is 4. The first kappa shape index (κ1) is 36.6. The van der Waals surface area contributed by atoms with Crippen LogP contribution in [0.5, 0.6) is 0 Å². The molecule has 2 aliphatic heterocycles. The molecule has 231 valence electrons. The van der Waals surface area contributed by atoms with Gasteiger partial charge in [-0.3, -0.25) is 0 Å². The zero-order chi connectivity index (χ0) is 31.0. The van der Waals surface area contributed by atoms with E-state index in [4.69, 9.17) is 0 Å². The molecular weight excluding hydrogens is 714 g/mol.